The van der Waals surface area contributed by atoms with Crippen molar-refractivity contribution >= 4 is 17.7 Å². The van der Waals surface area contributed by atoms with Crippen molar-refractivity contribution in [1.82, 2.24) is 0 Å². The zero-order valence-electron chi connectivity index (χ0n) is 12.2. The summed E-state index contributed by atoms with van der Waals surface area (Å²) in [6.45, 7) is 1.88. The third kappa shape index (κ3) is 3.24. The standard InChI is InChI=1S/C18H19NO2/c1-13-9-10-15(21-13)11-12-18(20)19-17-8-4-6-14-5-2-3-7-16(14)17/h4,6,8-12H,2-3,5,7H2,1H3,(H,19,20). The average Bonchev–Trinajstić information content (AvgIpc) is 2.91. The molecule has 1 N–H and O–H groups in total. The van der Waals surface area contributed by atoms with Crippen molar-refractivity contribution in [2.75, 3.05) is 5.32 Å². The second-order valence-electron chi connectivity index (χ2n) is 5.42. The van der Waals surface area contributed by atoms with Crippen molar-refractivity contribution in [3.8, 4) is 0 Å². The highest BCUT2D eigenvalue weighted by molar-refractivity contribution is 6.02. The van der Waals surface area contributed by atoms with Crippen LogP contribution in [0.4, 0.5) is 5.69 Å². The van der Waals surface area contributed by atoms with Gasteiger partial charge >= 0.3 is 0 Å². The summed E-state index contributed by atoms with van der Waals surface area (Å²) < 4.78 is 5.41. The topological polar surface area (TPSA) is 42.2 Å². The third-order valence-corrected chi connectivity index (χ3v) is 3.81. The van der Waals surface area contributed by atoms with Crippen LogP contribution in [0.2, 0.25) is 0 Å². The summed E-state index contributed by atoms with van der Waals surface area (Å²) in [5.74, 6) is 1.41. The SMILES string of the molecule is Cc1ccc(C=CC(=O)Nc2cccc3c2CCCC3)o1. The number of anilines is 1. The minimum atomic E-state index is -0.122. The lowest BCUT2D eigenvalue weighted by molar-refractivity contribution is -0.111. The lowest BCUT2D eigenvalue weighted by Crippen LogP contribution is -2.12. The number of benzene rings is 1. The quantitative estimate of drug-likeness (QED) is 0.860. The van der Waals surface area contributed by atoms with Gasteiger partial charge in [0.15, 0.2) is 0 Å². The van der Waals surface area contributed by atoms with E-state index in [0.717, 1.165) is 24.3 Å². The molecule has 0 radical (unpaired) electrons. The first kappa shape index (κ1) is 13.7. The Morgan fingerprint density at radius 1 is 1.19 bits per heavy atom. The Bertz CT molecular complexity index is 682. The maximum Gasteiger partial charge on any atom is 0.248 e. The van der Waals surface area contributed by atoms with E-state index in [9.17, 15) is 4.79 Å². The summed E-state index contributed by atoms with van der Waals surface area (Å²) in [5, 5.41) is 2.98. The second kappa shape index (κ2) is 6.00. The fourth-order valence-corrected chi connectivity index (χ4v) is 2.77. The van der Waals surface area contributed by atoms with E-state index in [-0.39, 0.29) is 5.91 Å². The van der Waals surface area contributed by atoms with Gasteiger partial charge in [0.2, 0.25) is 5.91 Å². The molecule has 3 heteroatoms. The Kier molecular flexibility index (Phi) is 3.91. The van der Waals surface area contributed by atoms with Crippen LogP contribution < -0.4 is 5.32 Å². The molecular formula is C18H19NO2. The second-order valence-corrected chi connectivity index (χ2v) is 5.42. The predicted octanol–water partition coefficient (Wildman–Crippen LogP) is 4.12. The van der Waals surface area contributed by atoms with Crippen LogP contribution in [0.15, 0.2) is 40.8 Å². The fraction of sp³-hybridized carbons (Fsp3) is 0.278. The Morgan fingerprint density at radius 2 is 2.05 bits per heavy atom. The van der Waals surface area contributed by atoms with Crippen molar-refractivity contribution in [3.63, 3.8) is 0 Å². The number of carbonyl (C=O) groups excluding carboxylic acids is 1. The first-order valence-electron chi connectivity index (χ1n) is 7.38. The summed E-state index contributed by atoms with van der Waals surface area (Å²) in [5.41, 5.74) is 3.60. The van der Waals surface area contributed by atoms with Crippen molar-refractivity contribution < 1.29 is 9.21 Å². The van der Waals surface area contributed by atoms with E-state index in [0.29, 0.717) is 5.76 Å². The molecule has 0 bridgehead atoms. The number of nitrogens with one attached hydrogen (secondary N) is 1. The molecule has 21 heavy (non-hydrogen) atoms. The van der Waals surface area contributed by atoms with E-state index in [1.54, 1.807) is 6.08 Å². The van der Waals surface area contributed by atoms with Gasteiger partial charge in [0.25, 0.3) is 0 Å². The molecule has 0 saturated carbocycles. The van der Waals surface area contributed by atoms with Gasteiger partial charge in [-0.15, -0.1) is 0 Å². The van der Waals surface area contributed by atoms with Crippen molar-refractivity contribution in [1.29, 1.82) is 0 Å². The van der Waals surface area contributed by atoms with E-state index in [1.165, 1.54) is 30.0 Å². The van der Waals surface area contributed by atoms with Crippen molar-refractivity contribution in [2.24, 2.45) is 0 Å². The molecule has 1 aromatic carbocycles. The zero-order chi connectivity index (χ0) is 14.7. The minimum Gasteiger partial charge on any atom is -0.462 e. The number of amides is 1. The van der Waals surface area contributed by atoms with E-state index in [2.05, 4.69) is 11.4 Å². The molecule has 1 aromatic heterocycles. The van der Waals surface area contributed by atoms with E-state index in [1.807, 2.05) is 31.2 Å². The number of carbonyl (C=O) groups is 1. The van der Waals surface area contributed by atoms with Gasteiger partial charge in [-0.3, -0.25) is 4.79 Å². The normalized spacial score (nSPS) is 14.1. The highest BCUT2D eigenvalue weighted by atomic mass is 16.3. The number of hydrogen-bond acceptors (Lipinski definition) is 2. The molecule has 0 aliphatic heterocycles. The van der Waals surface area contributed by atoms with Gasteiger partial charge in [0.05, 0.1) is 0 Å². The first-order valence-corrected chi connectivity index (χ1v) is 7.38. The molecule has 0 unspecified atom stereocenters. The van der Waals surface area contributed by atoms with Crippen LogP contribution in [0.25, 0.3) is 6.08 Å². The zero-order valence-corrected chi connectivity index (χ0v) is 12.2. The van der Waals surface area contributed by atoms with Gasteiger partial charge in [-0.05, 0) is 68.0 Å². The van der Waals surface area contributed by atoms with Crippen LogP contribution in [0.5, 0.6) is 0 Å². The summed E-state index contributed by atoms with van der Waals surface area (Å²) in [7, 11) is 0. The maximum absolute atomic E-state index is 12.0. The Labute approximate surface area is 124 Å². The molecule has 2 aromatic rings. The lowest BCUT2D eigenvalue weighted by atomic mass is 9.90. The molecule has 1 amide bonds. The van der Waals surface area contributed by atoms with Crippen LogP contribution in [-0.2, 0) is 17.6 Å². The largest absolute Gasteiger partial charge is 0.462 e. The van der Waals surface area contributed by atoms with Gasteiger partial charge in [0, 0.05) is 11.8 Å². The number of furan rings is 1. The summed E-state index contributed by atoms with van der Waals surface area (Å²) in [6.07, 6.45) is 7.80. The Hall–Kier alpha value is -2.29. The average molecular weight is 281 g/mol. The van der Waals surface area contributed by atoms with Crippen LogP contribution in [0.1, 0.15) is 35.5 Å². The summed E-state index contributed by atoms with van der Waals surface area (Å²) in [4.78, 5) is 12.0. The number of hydrogen-bond donors (Lipinski definition) is 1. The number of aryl methyl sites for hydroxylation is 2. The highest BCUT2D eigenvalue weighted by Crippen LogP contribution is 2.27. The van der Waals surface area contributed by atoms with Crippen LogP contribution >= 0.6 is 0 Å². The molecule has 1 aliphatic carbocycles. The van der Waals surface area contributed by atoms with Crippen LogP contribution in [0, 0.1) is 6.92 Å². The van der Waals surface area contributed by atoms with Gasteiger partial charge in [-0.2, -0.15) is 0 Å². The summed E-state index contributed by atoms with van der Waals surface area (Å²) in [6, 6.07) is 9.88. The molecular weight excluding hydrogens is 262 g/mol. The Morgan fingerprint density at radius 3 is 2.86 bits per heavy atom. The summed E-state index contributed by atoms with van der Waals surface area (Å²) >= 11 is 0. The number of rotatable bonds is 3. The van der Waals surface area contributed by atoms with Crippen molar-refractivity contribution in [2.45, 2.75) is 32.6 Å². The Balaban J connectivity index is 1.72. The van der Waals surface area contributed by atoms with Gasteiger partial charge in [-0.1, -0.05) is 12.1 Å². The van der Waals surface area contributed by atoms with Gasteiger partial charge < -0.3 is 9.73 Å². The molecule has 0 spiro atoms. The van der Waals surface area contributed by atoms with Crippen LogP contribution in [-0.4, -0.2) is 5.91 Å². The molecule has 108 valence electrons. The fourth-order valence-electron chi connectivity index (χ4n) is 2.77. The lowest BCUT2D eigenvalue weighted by Gasteiger charge is -2.19. The first-order chi connectivity index (χ1) is 10.2. The monoisotopic (exact) mass is 281 g/mol. The third-order valence-electron chi connectivity index (χ3n) is 3.81. The van der Waals surface area contributed by atoms with Gasteiger partial charge in [0.1, 0.15) is 11.5 Å². The molecule has 1 aliphatic rings. The predicted molar refractivity (Wildman–Crippen MR) is 84.2 cm³/mol. The molecule has 0 atom stereocenters. The maximum atomic E-state index is 12.0. The number of fused-ring (bicyclic) bond motifs is 1. The van der Waals surface area contributed by atoms with Crippen LogP contribution in [0.3, 0.4) is 0 Å². The highest BCUT2D eigenvalue weighted by Gasteiger charge is 2.13. The van der Waals surface area contributed by atoms with Crippen molar-refractivity contribution in [3.05, 3.63) is 59.1 Å². The molecule has 0 fully saturated rings. The van der Waals surface area contributed by atoms with E-state index in [4.69, 9.17) is 4.42 Å². The molecule has 3 rings (SSSR count). The minimum absolute atomic E-state index is 0.122. The van der Waals surface area contributed by atoms with E-state index >= 15 is 0 Å². The molecule has 3 nitrogen and oxygen atoms in total. The smallest absolute Gasteiger partial charge is 0.248 e. The van der Waals surface area contributed by atoms with E-state index < -0.39 is 0 Å². The molecule has 0 saturated heterocycles. The van der Waals surface area contributed by atoms with Gasteiger partial charge in [-0.25, -0.2) is 0 Å². The molecule has 1 heterocycles.